The summed E-state index contributed by atoms with van der Waals surface area (Å²) in [7, 11) is 0. The van der Waals surface area contributed by atoms with Gasteiger partial charge in [-0.1, -0.05) is 66.7 Å². The lowest BCUT2D eigenvalue weighted by atomic mass is 10.0. The average Bonchev–Trinajstić information content (AvgIpc) is 2.64. The van der Waals surface area contributed by atoms with Crippen molar-refractivity contribution in [1.29, 1.82) is 5.26 Å². The van der Waals surface area contributed by atoms with Gasteiger partial charge in [-0.15, -0.1) is 0 Å². The quantitative estimate of drug-likeness (QED) is 0.559. The molecule has 0 unspecified atom stereocenters. The van der Waals surface area contributed by atoms with Crippen molar-refractivity contribution < 1.29 is 0 Å². The highest BCUT2D eigenvalue weighted by Gasteiger charge is 2.07. The van der Waals surface area contributed by atoms with Gasteiger partial charge in [-0.05, 0) is 24.6 Å². The third kappa shape index (κ3) is 3.50. The number of hydrogen-bond acceptors (Lipinski definition) is 3. The molecule has 3 aromatic carbocycles. The average molecular weight is 311 g/mol. The molecule has 24 heavy (non-hydrogen) atoms. The molecule has 0 fully saturated rings. The number of rotatable bonds is 4. The maximum atomic E-state index is 9.30. The van der Waals surface area contributed by atoms with E-state index in [2.05, 4.69) is 16.6 Å². The van der Waals surface area contributed by atoms with Crippen LogP contribution < -0.4 is 5.43 Å². The number of aryl methyl sites for hydroxylation is 1. The molecule has 0 aromatic heterocycles. The maximum absolute atomic E-state index is 9.30. The molecule has 0 saturated heterocycles. The molecule has 0 amide bonds. The Labute approximate surface area is 141 Å². The first kappa shape index (κ1) is 15.5. The van der Waals surface area contributed by atoms with E-state index in [1.165, 1.54) is 0 Å². The molecule has 1 N–H and O–H groups in total. The van der Waals surface area contributed by atoms with Gasteiger partial charge in [-0.25, -0.2) is 0 Å². The van der Waals surface area contributed by atoms with Crippen molar-refractivity contribution in [2.45, 2.75) is 6.92 Å². The standard InChI is InChI=1S/C21H17N3/c1-16-12-13-20(19(14-16)15-22)23-24-21(17-8-4-2-5-9-17)18-10-6-3-7-11-18/h2-14,23H,1H3. The molecule has 0 aliphatic rings. The summed E-state index contributed by atoms with van der Waals surface area (Å²) in [6, 6.07) is 27.9. The fourth-order valence-electron chi connectivity index (χ4n) is 2.45. The second-order valence-corrected chi connectivity index (χ2v) is 5.47. The van der Waals surface area contributed by atoms with Gasteiger partial charge in [0.1, 0.15) is 6.07 Å². The van der Waals surface area contributed by atoms with E-state index in [1.54, 1.807) is 0 Å². The van der Waals surface area contributed by atoms with Crippen LogP contribution in [0.25, 0.3) is 0 Å². The van der Waals surface area contributed by atoms with Gasteiger partial charge in [0.2, 0.25) is 0 Å². The smallest absolute Gasteiger partial charge is 0.101 e. The summed E-state index contributed by atoms with van der Waals surface area (Å²) in [5, 5.41) is 13.9. The molecule has 0 heterocycles. The first-order valence-corrected chi connectivity index (χ1v) is 7.73. The second-order valence-electron chi connectivity index (χ2n) is 5.47. The summed E-state index contributed by atoms with van der Waals surface area (Å²) >= 11 is 0. The molecule has 0 aliphatic carbocycles. The zero-order valence-electron chi connectivity index (χ0n) is 13.4. The van der Waals surface area contributed by atoms with Crippen molar-refractivity contribution >= 4 is 11.4 Å². The number of nitriles is 1. The monoisotopic (exact) mass is 311 g/mol. The first-order valence-electron chi connectivity index (χ1n) is 7.73. The molecule has 0 bridgehead atoms. The van der Waals surface area contributed by atoms with Crippen LogP contribution in [0, 0.1) is 18.3 Å². The first-order chi connectivity index (χ1) is 11.8. The van der Waals surface area contributed by atoms with E-state index in [0.29, 0.717) is 11.3 Å². The van der Waals surface area contributed by atoms with Crippen LogP contribution in [0.4, 0.5) is 5.69 Å². The Morgan fingerprint density at radius 1 is 0.875 bits per heavy atom. The molecule has 3 rings (SSSR count). The van der Waals surface area contributed by atoms with Crippen LogP contribution in [0.5, 0.6) is 0 Å². The van der Waals surface area contributed by atoms with E-state index < -0.39 is 0 Å². The highest BCUT2D eigenvalue weighted by atomic mass is 15.3. The van der Waals surface area contributed by atoms with E-state index >= 15 is 0 Å². The van der Waals surface area contributed by atoms with E-state index in [-0.39, 0.29) is 0 Å². The van der Waals surface area contributed by atoms with Gasteiger partial charge in [0.15, 0.2) is 0 Å². The molecule has 0 saturated carbocycles. The van der Waals surface area contributed by atoms with Gasteiger partial charge in [0, 0.05) is 11.1 Å². The molecule has 0 atom stereocenters. The van der Waals surface area contributed by atoms with Gasteiger partial charge in [-0.3, -0.25) is 5.43 Å². The Bertz CT molecular complexity index is 850. The predicted octanol–water partition coefficient (Wildman–Crippen LogP) is 4.73. The third-order valence-corrected chi connectivity index (χ3v) is 3.68. The summed E-state index contributed by atoms with van der Waals surface area (Å²) in [6.45, 7) is 1.97. The summed E-state index contributed by atoms with van der Waals surface area (Å²) in [5.41, 5.74) is 8.25. The van der Waals surface area contributed by atoms with Gasteiger partial charge in [0.05, 0.1) is 17.0 Å². The lowest BCUT2D eigenvalue weighted by Gasteiger charge is -2.09. The Hall–Kier alpha value is -3.38. The topological polar surface area (TPSA) is 48.2 Å². The minimum Gasteiger partial charge on any atom is -0.277 e. The Kier molecular flexibility index (Phi) is 4.69. The SMILES string of the molecule is Cc1ccc(NN=C(c2ccccc2)c2ccccc2)c(C#N)c1. The van der Waals surface area contributed by atoms with Gasteiger partial charge in [-0.2, -0.15) is 10.4 Å². The summed E-state index contributed by atoms with van der Waals surface area (Å²) in [4.78, 5) is 0. The molecule has 0 radical (unpaired) electrons. The molecule has 0 spiro atoms. The van der Waals surface area contributed by atoms with Crippen molar-refractivity contribution in [2.24, 2.45) is 5.10 Å². The maximum Gasteiger partial charge on any atom is 0.101 e. The van der Waals surface area contributed by atoms with Crippen molar-refractivity contribution in [2.75, 3.05) is 5.43 Å². The van der Waals surface area contributed by atoms with Crippen LogP contribution in [0.3, 0.4) is 0 Å². The molecule has 0 aliphatic heterocycles. The zero-order chi connectivity index (χ0) is 16.8. The summed E-state index contributed by atoms with van der Waals surface area (Å²) in [5.74, 6) is 0. The number of anilines is 1. The Morgan fingerprint density at radius 2 is 1.46 bits per heavy atom. The van der Waals surface area contributed by atoms with Crippen molar-refractivity contribution in [3.8, 4) is 6.07 Å². The minimum atomic E-state index is 0.583. The van der Waals surface area contributed by atoms with Gasteiger partial charge < -0.3 is 0 Å². The number of nitrogens with zero attached hydrogens (tertiary/aromatic N) is 2. The largest absolute Gasteiger partial charge is 0.277 e. The minimum absolute atomic E-state index is 0.583. The third-order valence-electron chi connectivity index (χ3n) is 3.68. The number of nitrogens with one attached hydrogen (secondary N) is 1. The molecule has 3 aromatic rings. The van der Waals surface area contributed by atoms with Crippen LogP contribution in [0.1, 0.15) is 22.3 Å². The molecular formula is C21H17N3. The highest BCUT2D eigenvalue weighted by Crippen LogP contribution is 2.18. The summed E-state index contributed by atoms with van der Waals surface area (Å²) in [6.07, 6.45) is 0. The van der Waals surface area contributed by atoms with Crippen LogP contribution in [0.2, 0.25) is 0 Å². The van der Waals surface area contributed by atoms with Crippen molar-refractivity contribution in [3.05, 3.63) is 101 Å². The predicted molar refractivity (Wildman–Crippen MR) is 98.0 cm³/mol. The lowest BCUT2D eigenvalue weighted by Crippen LogP contribution is -2.07. The lowest BCUT2D eigenvalue weighted by molar-refractivity contribution is 1.30. The number of benzene rings is 3. The van der Waals surface area contributed by atoms with Crippen LogP contribution in [0.15, 0.2) is 84.0 Å². The zero-order valence-corrected chi connectivity index (χ0v) is 13.4. The second kappa shape index (κ2) is 7.26. The Balaban J connectivity index is 2.01. The van der Waals surface area contributed by atoms with E-state index in [9.17, 15) is 5.26 Å². The summed E-state index contributed by atoms with van der Waals surface area (Å²) < 4.78 is 0. The van der Waals surface area contributed by atoms with E-state index in [4.69, 9.17) is 0 Å². The van der Waals surface area contributed by atoms with E-state index in [1.807, 2.05) is 85.8 Å². The highest BCUT2D eigenvalue weighted by molar-refractivity contribution is 6.13. The van der Waals surface area contributed by atoms with Gasteiger partial charge >= 0.3 is 0 Å². The number of hydrazone groups is 1. The normalized spacial score (nSPS) is 9.83. The number of hydrogen-bond donors (Lipinski definition) is 1. The molecule has 3 heteroatoms. The van der Waals surface area contributed by atoms with Crippen molar-refractivity contribution in [1.82, 2.24) is 0 Å². The van der Waals surface area contributed by atoms with Gasteiger partial charge in [0.25, 0.3) is 0 Å². The van der Waals surface area contributed by atoms with Crippen molar-refractivity contribution in [3.63, 3.8) is 0 Å². The fourth-order valence-corrected chi connectivity index (χ4v) is 2.45. The molecule has 116 valence electrons. The fraction of sp³-hybridized carbons (Fsp3) is 0.0476. The van der Waals surface area contributed by atoms with Crippen LogP contribution >= 0.6 is 0 Å². The molecular weight excluding hydrogens is 294 g/mol. The Morgan fingerprint density at radius 3 is 2.00 bits per heavy atom. The molecule has 3 nitrogen and oxygen atoms in total. The van der Waals surface area contributed by atoms with Crippen LogP contribution in [-0.2, 0) is 0 Å². The van der Waals surface area contributed by atoms with Crippen LogP contribution in [-0.4, -0.2) is 5.71 Å². The van der Waals surface area contributed by atoms with E-state index in [0.717, 1.165) is 22.4 Å².